The van der Waals surface area contributed by atoms with Crippen molar-refractivity contribution in [2.24, 2.45) is 0 Å². The number of hydrogen-bond acceptors (Lipinski definition) is 3. The number of benzene rings is 1. The van der Waals surface area contributed by atoms with Crippen LogP contribution in [0.25, 0.3) is 0 Å². The Morgan fingerprint density at radius 2 is 2.07 bits per heavy atom. The zero-order valence-electron chi connectivity index (χ0n) is 7.85. The Morgan fingerprint density at radius 3 is 2.53 bits per heavy atom. The van der Waals surface area contributed by atoms with Crippen molar-refractivity contribution >= 4 is 23.2 Å². The van der Waals surface area contributed by atoms with Crippen molar-refractivity contribution in [2.45, 2.75) is 19.1 Å². The molecule has 0 spiro atoms. The molecule has 0 aliphatic carbocycles. The summed E-state index contributed by atoms with van der Waals surface area (Å²) in [5.74, 6) is 0. The van der Waals surface area contributed by atoms with Crippen LogP contribution < -0.4 is 0 Å². The van der Waals surface area contributed by atoms with Crippen LogP contribution in [-0.4, -0.2) is 16.1 Å². The molecule has 6 heteroatoms. The van der Waals surface area contributed by atoms with Crippen molar-refractivity contribution in [3.63, 3.8) is 0 Å². The lowest BCUT2D eigenvalue weighted by molar-refractivity contribution is -0.531. The fraction of sp³-hybridized carbons (Fsp3) is 0.333. The summed E-state index contributed by atoms with van der Waals surface area (Å²) >= 11 is 11.5. The van der Waals surface area contributed by atoms with Gasteiger partial charge in [0, 0.05) is 27.5 Å². The van der Waals surface area contributed by atoms with Gasteiger partial charge in [-0.2, -0.15) is 0 Å². The highest BCUT2D eigenvalue weighted by molar-refractivity contribution is 6.35. The number of halogens is 2. The average Bonchev–Trinajstić information content (AvgIpc) is 2.15. The molecule has 0 amide bonds. The van der Waals surface area contributed by atoms with Gasteiger partial charge in [0.2, 0.25) is 6.04 Å². The zero-order valence-corrected chi connectivity index (χ0v) is 9.37. The van der Waals surface area contributed by atoms with Crippen molar-refractivity contribution in [1.29, 1.82) is 0 Å². The first-order valence-corrected chi connectivity index (χ1v) is 4.95. The molecule has 0 aromatic heterocycles. The van der Waals surface area contributed by atoms with Crippen molar-refractivity contribution in [3.05, 3.63) is 43.9 Å². The molecular weight excluding hydrogens is 241 g/mol. The highest BCUT2D eigenvalue weighted by Gasteiger charge is 2.27. The Labute approximate surface area is 96.6 Å². The number of nitro groups is 1. The van der Waals surface area contributed by atoms with Crippen molar-refractivity contribution in [3.8, 4) is 0 Å². The zero-order chi connectivity index (χ0) is 11.6. The summed E-state index contributed by atoms with van der Waals surface area (Å²) in [7, 11) is 0. The number of nitrogens with zero attached hydrogens (tertiary/aromatic N) is 1. The van der Waals surface area contributed by atoms with Crippen LogP contribution >= 0.6 is 23.2 Å². The quantitative estimate of drug-likeness (QED) is 0.662. The first-order valence-electron chi connectivity index (χ1n) is 4.20. The smallest absolute Gasteiger partial charge is 0.240 e. The SMILES string of the molecule is C[C@@H]([C@H](O)c1ccc(Cl)cc1Cl)[N+](=O)[O-]. The van der Waals surface area contributed by atoms with E-state index in [0.29, 0.717) is 10.6 Å². The Bertz CT molecular complexity index is 384. The monoisotopic (exact) mass is 249 g/mol. The molecule has 0 heterocycles. The van der Waals surface area contributed by atoms with E-state index >= 15 is 0 Å². The van der Waals surface area contributed by atoms with Gasteiger partial charge in [0.1, 0.15) is 6.10 Å². The van der Waals surface area contributed by atoms with Crippen LogP contribution in [0.4, 0.5) is 0 Å². The average molecular weight is 250 g/mol. The van der Waals surface area contributed by atoms with Crippen LogP contribution in [0.1, 0.15) is 18.6 Å². The molecule has 0 fully saturated rings. The van der Waals surface area contributed by atoms with Gasteiger partial charge in [-0.3, -0.25) is 10.1 Å². The van der Waals surface area contributed by atoms with E-state index in [1.807, 2.05) is 0 Å². The standard InChI is InChI=1S/C9H9Cl2NO3/c1-5(12(14)15)9(13)7-3-2-6(10)4-8(7)11/h2-5,9,13H,1H3/t5-,9-/m0/s1. The molecule has 1 rings (SSSR count). The van der Waals surface area contributed by atoms with Gasteiger partial charge in [-0.05, 0) is 12.1 Å². The molecule has 2 atom stereocenters. The van der Waals surface area contributed by atoms with Gasteiger partial charge in [-0.15, -0.1) is 0 Å². The Morgan fingerprint density at radius 1 is 1.47 bits per heavy atom. The molecule has 82 valence electrons. The maximum absolute atomic E-state index is 10.5. The van der Waals surface area contributed by atoms with Gasteiger partial charge in [0.25, 0.3) is 0 Å². The molecule has 1 N–H and O–H groups in total. The summed E-state index contributed by atoms with van der Waals surface area (Å²) < 4.78 is 0. The molecular formula is C9H9Cl2NO3. The summed E-state index contributed by atoms with van der Waals surface area (Å²) in [4.78, 5) is 9.91. The van der Waals surface area contributed by atoms with E-state index in [4.69, 9.17) is 23.2 Å². The maximum Gasteiger partial charge on any atom is 0.240 e. The Kier molecular flexibility index (Phi) is 3.90. The minimum Gasteiger partial charge on any atom is -0.381 e. The van der Waals surface area contributed by atoms with E-state index in [9.17, 15) is 15.2 Å². The third kappa shape index (κ3) is 2.81. The van der Waals surface area contributed by atoms with Gasteiger partial charge >= 0.3 is 0 Å². The number of aliphatic hydroxyl groups excluding tert-OH is 1. The first kappa shape index (κ1) is 12.2. The molecule has 0 aliphatic rings. The van der Waals surface area contributed by atoms with Gasteiger partial charge < -0.3 is 5.11 Å². The maximum atomic E-state index is 10.5. The summed E-state index contributed by atoms with van der Waals surface area (Å²) in [5, 5.41) is 20.8. The summed E-state index contributed by atoms with van der Waals surface area (Å²) in [6, 6.07) is 3.34. The molecule has 0 unspecified atom stereocenters. The Balaban J connectivity index is 3.01. The second-order valence-corrected chi connectivity index (χ2v) is 3.98. The predicted octanol–water partition coefficient (Wildman–Crippen LogP) is 2.69. The third-order valence-electron chi connectivity index (χ3n) is 2.07. The molecule has 0 bridgehead atoms. The van der Waals surface area contributed by atoms with Crippen molar-refractivity contribution in [2.75, 3.05) is 0 Å². The molecule has 0 radical (unpaired) electrons. The highest BCUT2D eigenvalue weighted by atomic mass is 35.5. The largest absolute Gasteiger partial charge is 0.381 e. The Hall–Kier alpha value is -0.840. The van der Waals surface area contributed by atoms with Crippen molar-refractivity contribution in [1.82, 2.24) is 0 Å². The van der Waals surface area contributed by atoms with E-state index in [1.54, 1.807) is 0 Å². The first-order chi connectivity index (χ1) is 6.93. The summed E-state index contributed by atoms with van der Waals surface area (Å²) in [6.45, 7) is 1.32. The van der Waals surface area contributed by atoms with E-state index in [0.717, 1.165) is 0 Å². The van der Waals surface area contributed by atoms with Gasteiger partial charge in [0.15, 0.2) is 0 Å². The highest BCUT2D eigenvalue weighted by Crippen LogP contribution is 2.28. The van der Waals surface area contributed by atoms with E-state index in [-0.39, 0.29) is 5.02 Å². The van der Waals surface area contributed by atoms with Crippen LogP contribution in [0, 0.1) is 10.1 Å². The van der Waals surface area contributed by atoms with Gasteiger partial charge in [0.05, 0.1) is 0 Å². The lowest BCUT2D eigenvalue weighted by atomic mass is 10.0. The van der Waals surface area contributed by atoms with E-state index in [2.05, 4.69) is 0 Å². The third-order valence-corrected chi connectivity index (χ3v) is 2.63. The molecule has 15 heavy (non-hydrogen) atoms. The van der Waals surface area contributed by atoms with Crippen molar-refractivity contribution < 1.29 is 10.0 Å². The van der Waals surface area contributed by atoms with Gasteiger partial charge in [-0.25, -0.2) is 0 Å². The van der Waals surface area contributed by atoms with E-state index in [1.165, 1.54) is 25.1 Å². The fourth-order valence-corrected chi connectivity index (χ4v) is 1.64. The molecule has 1 aromatic carbocycles. The number of hydrogen-bond donors (Lipinski definition) is 1. The number of rotatable bonds is 3. The second-order valence-electron chi connectivity index (χ2n) is 3.14. The molecule has 4 nitrogen and oxygen atoms in total. The molecule has 0 saturated heterocycles. The van der Waals surface area contributed by atoms with Crippen LogP contribution in [-0.2, 0) is 0 Å². The van der Waals surface area contributed by atoms with Crippen LogP contribution in [0.5, 0.6) is 0 Å². The summed E-state index contributed by atoms with van der Waals surface area (Å²) in [6.07, 6.45) is -1.23. The van der Waals surface area contributed by atoms with Gasteiger partial charge in [-0.1, -0.05) is 29.3 Å². The topological polar surface area (TPSA) is 63.4 Å². The van der Waals surface area contributed by atoms with Crippen LogP contribution in [0.15, 0.2) is 18.2 Å². The minimum absolute atomic E-state index is 0.226. The normalized spacial score (nSPS) is 14.7. The fourth-order valence-electron chi connectivity index (χ4n) is 1.12. The lowest BCUT2D eigenvalue weighted by Crippen LogP contribution is -2.24. The lowest BCUT2D eigenvalue weighted by Gasteiger charge is -2.13. The molecule has 1 aromatic rings. The second kappa shape index (κ2) is 4.79. The molecule has 0 saturated carbocycles. The van der Waals surface area contributed by atoms with E-state index < -0.39 is 17.1 Å². The molecule has 0 aliphatic heterocycles. The van der Waals surface area contributed by atoms with Crippen LogP contribution in [0.2, 0.25) is 10.0 Å². The predicted molar refractivity (Wildman–Crippen MR) is 57.9 cm³/mol. The number of aliphatic hydroxyl groups is 1. The minimum atomic E-state index is -1.23. The van der Waals surface area contributed by atoms with Crippen LogP contribution in [0.3, 0.4) is 0 Å². The summed E-state index contributed by atoms with van der Waals surface area (Å²) in [5.41, 5.74) is 0.310.